The minimum absolute atomic E-state index is 0.123. The maximum atomic E-state index is 12.2. The molecule has 0 fully saturated rings. The Labute approximate surface area is 95.0 Å². The third-order valence-corrected chi connectivity index (χ3v) is 2.85. The van der Waals surface area contributed by atoms with E-state index in [2.05, 4.69) is 9.97 Å². The van der Waals surface area contributed by atoms with Gasteiger partial charge in [-0.2, -0.15) is 0 Å². The van der Waals surface area contributed by atoms with E-state index in [1.807, 2.05) is 13.8 Å². The molecule has 5 nitrogen and oxygen atoms in total. The fourth-order valence-corrected chi connectivity index (χ4v) is 1.31. The quantitative estimate of drug-likeness (QED) is 0.755. The molecule has 1 aromatic rings. The van der Waals surface area contributed by atoms with Gasteiger partial charge in [0.2, 0.25) is 5.88 Å². The third-order valence-electron chi connectivity index (χ3n) is 2.85. The predicted molar refractivity (Wildman–Crippen MR) is 60.4 cm³/mol. The number of carbonyl (C=O) groups is 1. The van der Waals surface area contributed by atoms with Crippen molar-refractivity contribution < 1.29 is 9.53 Å². The highest BCUT2D eigenvalue weighted by atomic mass is 16.5. The van der Waals surface area contributed by atoms with E-state index in [1.165, 1.54) is 19.5 Å². The zero-order valence-electron chi connectivity index (χ0n) is 9.86. The molecule has 16 heavy (non-hydrogen) atoms. The first-order valence-corrected chi connectivity index (χ1v) is 5.19. The van der Waals surface area contributed by atoms with Crippen molar-refractivity contribution in [3.63, 3.8) is 0 Å². The zero-order chi connectivity index (χ0) is 12.2. The van der Waals surface area contributed by atoms with E-state index in [0.717, 1.165) is 0 Å². The van der Waals surface area contributed by atoms with Crippen LogP contribution in [0.4, 0.5) is 0 Å². The summed E-state index contributed by atoms with van der Waals surface area (Å²) in [5.74, 6) is 0.128. The van der Waals surface area contributed by atoms with Crippen LogP contribution < -0.4 is 10.5 Å². The number of ether oxygens (including phenoxy) is 1. The molecule has 1 atom stereocenters. The van der Waals surface area contributed by atoms with E-state index in [1.54, 1.807) is 0 Å². The molecule has 2 N–H and O–H groups in total. The third kappa shape index (κ3) is 2.19. The summed E-state index contributed by atoms with van der Waals surface area (Å²) in [6, 6.07) is 0. The highest BCUT2D eigenvalue weighted by molar-refractivity contribution is 6.00. The summed E-state index contributed by atoms with van der Waals surface area (Å²) in [4.78, 5) is 20.2. The molecule has 0 aliphatic rings. The van der Waals surface area contributed by atoms with Crippen LogP contribution in [0.3, 0.4) is 0 Å². The summed E-state index contributed by atoms with van der Waals surface area (Å²) >= 11 is 0. The maximum Gasteiger partial charge on any atom is 0.243 e. The van der Waals surface area contributed by atoms with Gasteiger partial charge >= 0.3 is 0 Å². The lowest BCUT2D eigenvalue weighted by Crippen LogP contribution is -2.36. The number of carbonyl (C=O) groups excluding carboxylic acids is 1. The molecule has 0 radical (unpaired) electrons. The van der Waals surface area contributed by atoms with Gasteiger partial charge < -0.3 is 10.5 Å². The second-order valence-corrected chi connectivity index (χ2v) is 3.86. The number of rotatable bonds is 5. The van der Waals surface area contributed by atoms with Crippen molar-refractivity contribution in [2.45, 2.75) is 20.3 Å². The lowest BCUT2D eigenvalue weighted by molar-refractivity contribution is 0.0810. The van der Waals surface area contributed by atoms with Gasteiger partial charge in [-0.3, -0.25) is 4.79 Å². The van der Waals surface area contributed by atoms with Crippen molar-refractivity contribution in [2.24, 2.45) is 11.1 Å². The summed E-state index contributed by atoms with van der Waals surface area (Å²) in [7, 11) is 1.46. The van der Waals surface area contributed by atoms with Crippen molar-refractivity contribution in [3.05, 3.63) is 18.1 Å². The maximum absolute atomic E-state index is 12.2. The summed E-state index contributed by atoms with van der Waals surface area (Å²) in [6.07, 6.45) is 3.62. The van der Waals surface area contributed by atoms with Crippen LogP contribution in [0.25, 0.3) is 0 Å². The Hall–Kier alpha value is -1.49. The number of nitrogens with zero attached hydrogens (tertiary/aromatic N) is 2. The van der Waals surface area contributed by atoms with Crippen molar-refractivity contribution >= 4 is 5.78 Å². The first-order valence-electron chi connectivity index (χ1n) is 5.19. The minimum Gasteiger partial charge on any atom is -0.479 e. The fourth-order valence-electron chi connectivity index (χ4n) is 1.31. The van der Waals surface area contributed by atoms with E-state index in [9.17, 15) is 4.79 Å². The van der Waals surface area contributed by atoms with Crippen molar-refractivity contribution in [1.29, 1.82) is 0 Å². The normalized spacial score (nSPS) is 14.2. The Morgan fingerprint density at radius 3 is 2.62 bits per heavy atom. The number of hydrogen-bond donors (Lipinski definition) is 1. The molecule has 1 heterocycles. The average molecular weight is 223 g/mol. The number of aromatic nitrogens is 2. The summed E-state index contributed by atoms with van der Waals surface area (Å²) in [5, 5.41) is 0. The molecule has 0 spiro atoms. The second kappa shape index (κ2) is 5.03. The Balaban J connectivity index is 3.13. The van der Waals surface area contributed by atoms with Crippen LogP contribution in [0.15, 0.2) is 12.4 Å². The lowest BCUT2D eigenvalue weighted by Gasteiger charge is -2.24. The fraction of sp³-hybridized carbons (Fsp3) is 0.545. The van der Waals surface area contributed by atoms with Crippen molar-refractivity contribution in [3.8, 4) is 5.88 Å². The molecule has 5 heteroatoms. The first-order chi connectivity index (χ1) is 7.59. The Bertz CT molecular complexity index is 375. The molecule has 0 aliphatic heterocycles. The smallest absolute Gasteiger partial charge is 0.243 e. The average Bonchev–Trinajstić information content (AvgIpc) is 2.36. The molecule has 0 aromatic carbocycles. The largest absolute Gasteiger partial charge is 0.479 e. The SMILES string of the molecule is CCC(C)(CN)C(=O)c1nccnc1OC. The zero-order valence-corrected chi connectivity index (χ0v) is 9.86. The van der Waals surface area contributed by atoms with Crippen LogP contribution in [-0.2, 0) is 0 Å². The summed E-state index contributed by atoms with van der Waals surface area (Å²) in [5.41, 5.74) is 5.28. The molecule has 1 rings (SSSR count). The molecular formula is C11H17N3O2. The van der Waals surface area contributed by atoms with Crippen molar-refractivity contribution in [2.75, 3.05) is 13.7 Å². The molecule has 0 amide bonds. The Kier molecular flexibility index (Phi) is 3.95. The number of hydrogen-bond acceptors (Lipinski definition) is 5. The van der Waals surface area contributed by atoms with E-state index in [4.69, 9.17) is 10.5 Å². The van der Waals surface area contributed by atoms with E-state index in [0.29, 0.717) is 6.42 Å². The van der Waals surface area contributed by atoms with Crippen LogP contribution in [0.5, 0.6) is 5.88 Å². The van der Waals surface area contributed by atoms with Gasteiger partial charge in [-0.15, -0.1) is 0 Å². The van der Waals surface area contributed by atoms with E-state index >= 15 is 0 Å². The van der Waals surface area contributed by atoms with Gasteiger partial charge in [0.25, 0.3) is 0 Å². The van der Waals surface area contributed by atoms with Crippen LogP contribution in [0, 0.1) is 5.41 Å². The summed E-state index contributed by atoms with van der Waals surface area (Å²) in [6.45, 7) is 4.03. The predicted octanol–water partition coefficient (Wildman–Crippen LogP) is 1.04. The number of ketones is 1. The second-order valence-electron chi connectivity index (χ2n) is 3.86. The highest BCUT2D eigenvalue weighted by Gasteiger charge is 2.33. The topological polar surface area (TPSA) is 78.1 Å². The number of methoxy groups -OCH3 is 1. The van der Waals surface area contributed by atoms with Crippen LogP contribution in [-0.4, -0.2) is 29.4 Å². The van der Waals surface area contributed by atoms with Crippen LogP contribution >= 0.6 is 0 Å². The molecule has 0 saturated carbocycles. The number of nitrogens with two attached hydrogens (primary N) is 1. The molecule has 0 saturated heterocycles. The van der Waals surface area contributed by atoms with Crippen molar-refractivity contribution in [1.82, 2.24) is 9.97 Å². The van der Waals surface area contributed by atoms with Gasteiger partial charge in [-0.05, 0) is 6.42 Å². The molecule has 1 aromatic heterocycles. The molecule has 88 valence electrons. The van der Waals surface area contributed by atoms with Gasteiger partial charge in [0.1, 0.15) is 0 Å². The van der Waals surface area contributed by atoms with E-state index in [-0.39, 0.29) is 23.9 Å². The first kappa shape index (κ1) is 12.6. The Morgan fingerprint density at radius 1 is 1.50 bits per heavy atom. The summed E-state index contributed by atoms with van der Waals surface area (Å²) < 4.78 is 5.02. The van der Waals surface area contributed by atoms with Crippen LogP contribution in [0.2, 0.25) is 0 Å². The van der Waals surface area contributed by atoms with Gasteiger partial charge in [-0.25, -0.2) is 9.97 Å². The highest BCUT2D eigenvalue weighted by Crippen LogP contribution is 2.27. The molecule has 1 unspecified atom stereocenters. The number of Topliss-reactive ketones (excluding diaryl/α,β-unsaturated/α-hetero) is 1. The van der Waals surface area contributed by atoms with Gasteiger partial charge in [0.15, 0.2) is 11.5 Å². The van der Waals surface area contributed by atoms with E-state index < -0.39 is 5.41 Å². The standard InChI is InChI=1S/C11H17N3O2/c1-4-11(2,7-12)9(15)8-10(16-3)14-6-5-13-8/h5-6H,4,7,12H2,1-3H3. The minimum atomic E-state index is -0.608. The molecule has 0 aliphatic carbocycles. The van der Waals surface area contributed by atoms with Gasteiger partial charge in [0.05, 0.1) is 7.11 Å². The molecule has 0 bridgehead atoms. The Morgan fingerprint density at radius 2 is 2.12 bits per heavy atom. The van der Waals surface area contributed by atoms with Gasteiger partial charge in [0, 0.05) is 24.4 Å². The lowest BCUT2D eigenvalue weighted by atomic mass is 9.81. The van der Waals surface area contributed by atoms with Gasteiger partial charge in [-0.1, -0.05) is 13.8 Å². The van der Waals surface area contributed by atoms with Crippen LogP contribution in [0.1, 0.15) is 30.8 Å². The monoisotopic (exact) mass is 223 g/mol. The molecular weight excluding hydrogens is 206 g/mol.